The van der Waals surface area contributed by atoms with Crippen molar-refractivity contribution in [1.82, 2.24) is 10.2 Å². The summed E-state index contributed by atoms with van der Waals surface area (Å²) in [5.74, 6) is 0.486. The smallest absolute Gasteiger partial charge is 0.225 e. The third-order valence-electron chi connectivity index (χ3n) is 4.49. The second-order valence-electron chi connectivity index (χ2n) is 5.99. The van der Waals surface area contributed by atoms with Crippen LogP contribution in [0, 0.1) is 5.92 Å². The Balaban J connectivity index is 1.89. The average molecular weight is 268 g/mol. The molecule has 1 atom stereocenters. The van der Waals surface area contributed by atoms with Crippen LogP contribution in [0.5, 0.6) is 0 Å². The molecule has 0 bridgehead atoms. The minimum atomic E-state index is 0.0746. The Morgan fingerprint density at radius 3 is 2.42 bits per heavy atom. The third kappa shape index (κ3) is 4.46. The molecule has 2 fully saturated rings. The summed E-state index contributed by atoms with van der Waals surface area (Å²) in [5.41, 5.74) is 0. The highest BCUT2D eigenvalue weighted by molar-refractivity contribution is 5.78. The van der Waals surface area contributed by atoms with E-state index in [1.54, 1.807) is 0 Å². The van der Waals surface area contributed by atoms with Gasteiger partial charge in [-0.15, -0.1) is 0 Å². The van der Waals surface area contributed by atoms with Gasteiger partial charge in [-0.05, 0) is 32.2 Å². The van der Waals surface area contributed by atoms with E-state index >= 15 is 0 Å². The average Bonchev–Trinajstić information content (AvgIpc) is 2.77. The molecule has 1 aliphatic heterocycles. The summed E-state index contributed by atoms with van der Waals surface area (Å²) in [6.07, 6.45) is 9.35. The summed E-state index contributed by atoms with van der Waals surface area (Å²) < 4.78 is 0. The molecular weight excluding hydrogens is 240 g/mol. The Morgan fingerprint density at radius 1 is 1.11 bits per heavy atom. The maximum atomic E-state index is 12.6. The van der Waals surface area contributed by atoms with E-state index in [-0.39, 0.29) is 18.4 Å². The van der Waals surface area contributed by atoms with E-state index in [2.05, 4.69) is 5.32 Å². The highest BCUT2D eigenvalue weighted by atomic mass is 16.3. The standard InChI is InChI=1S/C15H28N2O2/c18-11-10-17(12-14-8-5-9-16-14)15(19)13-6-3-1-2-4-7-13/h13-14,16,18H,1-12H2. The largest absolute Gasteiger partial charge is 0.395 e. The van der Waals surface area contributed by atoms with Gasteiger partial charge in [0, 0.05) is 25.0 Å². The maximum absolute atomic E-state index is 12.6. The van der Waals surface area contributed by atoms with Crippen molar-refractivity contribution < 1.29 is 9.90 Å². The van der Waals surface area contributed by atoms with Crippen molar-refractivity contribution in [1.29, 1.82) is 0 Å². The quantitative estimate of drug-likeness (QED) is 0.744. The van der Waals surface area contributed by atoms with Gasteiger partial charge in [-0.1, -0.05) is 25.7 Å². The van der Waals surface area contributed by atoms with Crippen LogP contribution in [0.25, 0.3) is 0 Å². The van der Waals surface area contributed by atoms with Crippen molar-refractivity contribution in [2.75, 3.05) is 26.2 Å². The second kappa shape index (κ2) is 7.85. The molecule has 2 rings (SSSR count). The fraction of sp³-hybridized carbons (Fsp3) is 0.933. The van der Waals surface area contributed by atoms with Gasteiger partial charge in [-0.3, -0.25) is 4.79 Å². The van der Waals surface area contributed by atoms with Crippen LogP contribution in [0.3, 0.4) is 0 Å². The predicted octanol–water partition coefficient (Wildman–Crippen LogP) is 1.53. The van der Waals surface area contributed by atoms with Crippen LogP contribution in [-0.2, 0) is 4.79 Å². The Hall–Kier alpha value is -0.610. The van der Waals surface area contributed by atoms with Crippen LogP contribution in [0.15, 0.2) is 0 Å². The first-order chi connectivity index (χ1) is 9.31. The van der Waals surface area contributed by atoms with Crippen molar-refractivity contribution in [3.8, 4) is 0 Å². The van der Waals surface area contributed by atoms with E-state index in [1.165, 1.54) is 32.1 Å². The van der Waals surface area contributed by atoms with Crippen LogP contribution < -0.4 is 5.32 Å². The minimum absolute atomic E-state index is 0.0746. The molecule has 110 valence electrons. The summed E-state index contributed by atoms with van der Waals surface area (Å²) in [5, 5.41) is 12.6. The number of aliphatic hydroxyl groups is 1. The lowest BCUT2D eigenvalue weighted by Gasteiger charge is -2.28. The Labute approximate surface area is 116 Å². The van der Waals surface area contributed by atoms with Gasteiger partial charge in [0.05, 0.1) is 6.61 Å². The van der Waals surface area contributed by atoms with Gasteiger partial charge in [-0.25, -0.2) is 0 Å². The van der Waals surface area contributed by atoms with E-state index < -0.39 is 0 Å². The molecule has 1 heterocycles. The maximum Gasteiger partial charge on any atom is 0.225 e. The summed E-state index contributed by atoms with van der Waals surface area (Å²) >= 11 is 0. The molecule has 0 spiro atoms. The number of nitrogens with one attached hydrogen (secondary N) is 1. The van der Waals surface area contributed by atoms with E-state index in [0.717, 1.165) is 32.4 Å². The molecule has 1 aliphatic carbocycles. The molecule has 1 amide bonds. The number of rotatable bonds is 5. The van der Waals surface area contributed by atoms with Crippen molar-refractivity contribution in [2.24, 2.45) is 5.92 Å². The molecule has 2 aliphatic rings. The van der Waals surface area contributed by atoms with Gasteiger partial charge < -0.3 is 15.3 Å². The number of hydrogen-bond donors (Lipinski definition) is 2. The lowest BCUT2D eigenvalue weighted by atomic mass is 9.98. The van der Waals surface area contributed by atoms with E-state index in [0.29, 0.717) is 12.6 Å². The van der Waals surface area contributed by atoms with Crippen molar-refractivity contribution in [2.45, 2.75) is 57.4 Å². The first kappa shape index (κ1) is 14.8. The van der Waals surface area contributed by atoms with Gasteiger partial charge in [0.2, 0.25) is 5.91 Å². The predicted molar refractivity (Wildman–Crippen MR) is 75.9 cm³/mol. The number of amides is 1. The van der Waals surface area contributed by atoms with Crippen LogP contribution >= 0.6 is 0 Å². The molecule has 1 unspecified atom stereocenters. The monoisotopic (exact) mass is 268 g/mol. The molecule has 0 aromatic heterocycles. The number of aliphatic hydroxyl groups excluding tert-OH is 1. The molecule has 2 N–H and O–H groups in total. The number of carbonyl (C=O) groups is 1. The first-order valence-corrected chi connectivity index (χ1v) is 7.94. The molecule has 0 aromatic carbocycles. The molecule has 4 nitrogen and oxygen atoms in total. The van der Waals surface area contributed by atoms with Crippen molar-refractivity contribution in [3.63, 3.8) is 0 Å². The van der Waals surface area contributed by atoms with E-state index in [4.69, 9.17) is 0 Å². The molecule has 4 heteroatoms. The zero-order valence-electron chi connectivity index (χ0n) is 11.9. The van der Waals surface area contributed by atoms with Gasteiger partial charge >= 0.3 is 0 Å². The normalized spacial score (nSPS) is 25.2. The fourth-order valence-electron chi connectivity index (χ4n) is 3.38. The third-order valence-corrected chi connectivity index (χ3v) is 4.49. The van der Waals surface area contributed by atoms with Crippen molar-refractivity contribution in [3.05, 3.63) is 0 Å². The Bertz CT molecular complexity index is 269. The van der Waals surface area contributed by atoms with E-state index in [1.807, 2.05) is 4.90 Å². The second-order valence-corrected chi connectivity index (χ2v) is 5.99. The molecule has 19 heavy (non-hydrogen) atoms. The molecule has 0 radical (unpaired) electrons. The number of nitrogens with zero attached hydrogens (tertiary/aromatic N) is 1. The SMILES string of the molecule is O=C(C1CCCCCC1)N(CCO)CC1CCCN1. The van der Waals surface area contributed by atoms with Gasteiger partial charge in [0.1, 0.15) is 0 Å². The number of hydrogen-bond acceptors (Lipinski definition) is 3. The first-order valence-electron chi connectivity index (χ1n) is 7.94. The van der Waals surface area contributed by atoms with Crippen LogP contribution in [0.2, 0.25) is 0 Å². The zero-order chi connectivity index (χ0) is 13.5. The summed E-state index contributed by atoms with van der Waals surface area (Å²) in [4.78, 5) is 14.5. The topological polar surface area (TPSA) is 52.6 Å². The van der Waals surface area contributed by atoms with Crippen LogP contribution in [0.1, 0.15) is 51.4 Å². The molecular formula is C15H28N2O2. The molecule has 1 saturated heterocycles. The Morgan fingerprint density at radius 2 is 1.84 bits per heavy atom. The van der Waals surface area contributed by atoms with Gasteiger partial charge in [-0.2, -0.15) is 0 Å². The fourth-order valence-corrected chi connectivity index (χ4v) is 3.38. The summed E-state index contributed by atoms with van der Waals surface area (Å²) in [6.45, 7) is 2.41. The number of carbonyl (C=O) groups excluding carboxylic acids is 1. The van der Waals surface area contributed by atoms with E-state index in [9.17, 15) is 9.90 Å². The highest BCUT2D eigenvalue weighted by Crippen LogP contribution is 2.25. The van der Waals surface area contributed by atoms with Crippen LogP contribution in [-0.4, -0.2) is 48.2 Å². The van der Waals surface area contributed by atoms with Gasteiger partial charge in [0.25, 0.3) is 0 Å². The van der Waals surface area contributed by atoms with Gasteiger partial charge in [0.15, 0.2) is 0 Å². The lowest BCUT2D eigenvalue weighted by Crippen LogP contribution is -2.45. The zero-order valence-corrected chi connectivity index (χ0v) is 11.9. The van der Waals surface area contributed by atoms with Crippen LogP contribution in [0.4, 0.5) is 0 Å². The summed E-state index contributed by atoms with van der Waals surface area (Å²) in [7, 11) is 0. The summed E-state index contributed by atoms with van der Waals surface area (Å²) in [6, 6.07) is 0.432. The van der Waals surface area contributed by atoms with Crippen molar-refractivity contribution >= 4 is 5.91 Å². The minimum Gasteiger partial charge on any atom is -0.395 e. The lowest BCUT2D eigenvalue weighted by molar-refractivity contribution is -0.136. The molecule has 0 aromatic rings. The molecule has 1 saturated carbocycles. The Kier molecular flexibility index (Phi) is 6.11. The highest BCUT2D eigenvalue weighted by Gasteiger charge is 2.27.